The summed E-state index contributed by atoms with van der Waals surface area (Å²) in [6.45, 7) is 2.91. The van der Waals surface area contributed by atoms with Crippen LogP contribution in [0.4, 0.5) is 0 Å². The summed E-state index contributed by atoms with van der Waals surface area (Å²) in [7, 11) is 0. The highest BCUT2D eigenvalue weighted by molar-refractivity contribution is 6.30. The molecule has 1 aromatic carbocycles. The molecular formula is C17H21ClN6O2. The summed E-state index contributed by atoms with van der Waals surface area (Å²) in [4.78, 5) is 28.4. The maximum atomic E-state index is 12.5. The lowest BCUT2D eigenvalue weighted by atomic mass is 10.1. The Morgan fingerprint density at radius 2 is 1.88 bits per heavy atom. The first kappa shape index (κ1) is 18.3. The minimum atomic E-state index is -0.171. The van der Waals surface area contributed by atoms with Gasteiger partial charge in [-0.15, -0.1) is 5.10 Å². The summed E-state index contributed by atoms with van der Waals surface area (Å²) in [6, 6.07) is 7.29. The van der Waals surface area contributed by atoms with Gasteiger partial charge in [-0.05, 0) is 17.7 Å². The van der Waals surface area contributed by atoms with Crippen molar-refractivity contribution in [3.63, 3.8) is 0 Å². The Morgan fingerprint density at radius 3 is 2.58 bits per heavy atom. The van der Waals surface area contributed by atoms with Gasteiger partial charge in [-0.25, -0.2) is 0 Å². The minimum absolute atomic E-state index is 0.0354. The zero-order valence-corrected chi connectivity index (χ0v) is 15.1. The molecule has 2 aromatic rings. The predicted molar refractivity (Wildman–Crippen MR) is 96.7 cm³/mol. The van der Waals surface area contributed by atoms with Crippen LogP contribution in [0.2, 0.25) is 5.02 Å². The molecule has 138 valence electrons. The second-order valence-electron chi connectivity index (χ2n) is 6.14. The Kier molecular flexibility index (Phi) is 5.85. The summed E-state index contributed by atoms with van der Waals surface area (Å²) < 4.78 is 1.55. The number of aromatic nitrogens is 3. The molecule has 0 radical (unpaired) electrons. The molecule has 1 aliphatic heterocycles. The van der Waals surface area contributed by atoms with E-state index in [2.05, 4.69) is 10.3 Å². The highest BCUT2D eigenvalue weighted by Crippen LogP contribution is 2.13. The highest BCUT2D eigenvalue weighted by atomic mass is 35.5. The molecule has 2 heterocycles. The Hall–Kier alpha value is -2.45. The summed E-state index contributed by atoms with van der Waals surface area (Å²) in [5.74, 6) is -0.136. The van der Waals surface area contributed by atoms with Gasteiger partial charge in [0, 0.05) is 37.7 Å². The van der Waals surface area contributed by atoms with Crippen molar-refractivity contribution in [1.82, 2.24) is 24.8 Å². The molecule has 2 N–H and O–H groups in total. The van der Waals surface area contributed by atoms with Crippen molar-refractivity contribution < 1.29 is 9.59 Å². The van der Waals surface area contributed by atoms with Crippen molar-refractivity contribution in [2.75, 3.05) is 32.7 Å². The predicted octanol–water partition coefficient (Wildman–Crippen LogP) is 0.417. The lowest BCUT2D eigenvalue weighted by Gasteiger charge is -2.34. The zero-order chi connectivity index (χ0) is 18.5. The topological polar surface area (TPSA) is 97.3 Å². The van der Waals surface area contributed by atoms with Crippen molar-refractivity contribution in [3.8, 4) is 0 Å². The summed E-state index contributed by atoms with van der Waals surface area (Å²) in [5.41, 5.74) is 6.66. The number of amides is 2. The van der Waals surface area contributed by atoms with E-state index in [0.29, 0.717) is 56.4 Å². The van der Waals surface area contributed by atoms with Gasteiger partial charge in [-0.2, -0.15) is 0 Å². The molecule has 1 saturated heterocycles. The van der Waals surface area contributed by atoms with Crippen molar-refractivity contribution >= 4 is 23.4 Å². The Bertz CT molecular complexity index is 785. The average Bonchev–Trinajstić information content (AvgIpc) is 3.10. The Morgan fingerprint density at radius 1 is 1.15 bits per heavy atom. The van der Waals surface area contributed by atoms with Gasteiger partial charge in [0.1, 0.15) is 0 Å². The van der Waals surface area contributed by atoms with Gasteiger partial charge in [0.05, 0.1) is 19.2 Å². The first-order valence-electron chi connectivity index (χ1n) is 8.48. The number of benzene rings is 1. The number of nitrogens with two attached hydrogens (primary N) is 1. The largest absolute Gasteiger partial charge is 0.339 e. The smallest absolute Gasteiger partial charge is 0.276 e. The first-order chi connectivity index (χ1) is 12.6. The number of carbonyl (C=O) groups excluding carboxylic acids is 2. The number of rotatable bonds is 5. The Balaban J connectivity index is 1.53. The van der Waals surface area contributed by atoms with Crippen molar-refractivity contribution in [2.24, 2.45) is 5.73 Å². The Labute approximate surface area is 156 Å². The molecule has 0 saturated carbocycles. The number of hydrogen-bond donors (Lipinski definition) is 1. The molecule has 2 amide bonds. The number of nitrogens with zero attached hydrogens (tertiary/aromatic N) is 5. The summed E-state index contributed by atoms with van der Waals surface area (Å²) in [6.07, 6.45) is 1.91. The van der Waals surface area contributed by atoms with E-state index < -0.39 is 0 Å². The van der Waals surface area contributed by atoms with Crippen molar-refractivity contribution in [3.05, 3.63) is 46.7 Å². The first-order valence-corrected chi connectivity index (χ1v) is 8.86. The van der Waals surface area contributed by atoms with Gasteiger partial charge in [0.25, 0.3) is 5.91 Å². The molecule has 8 nitrogen and oxygen atoms in total. The third-order valence-electron chi connectivity index (χ3n) is 4.28. The van der Waals surface area contributed by atoms with Crippen LogP contribution in [0.5, 0.6) is 0 Å². The van der Waals surface area contributed by atoms with Gasteiger partial charge in [0.15, 0.2) is 5.69 Å². The van der Waals surface area contributed by atoms with E-state index in [1.165, 1.54) is 0 Å². The quantitative estimate of drug-likeness (QED) is 0.815. The van der Waals surface area contributed by atoms with Crippen LogP contribution in [0.15, 0.2) is 30.5 Å². The number of halogens is 1. The van der Waals surface area contributed by atoms with E-state index in [1.807, 2.05) is 12.1 Å². The molecule has 1 aliphatic rings. The maximum absolute atomic E-state index is 12.5. The van der Waals surface area contributed by atoms with Crippen molar-refractivity contribution in [1.29, 1.82) is 0 Å². The van der Waals surface area contributed by atoms with E-state index in [-0.39, 0.29) is 11.8 Å². The van der Waals surface area contributed by atoms with Crippen molar-refractivity contribution in [2.45, 2.75) is 13.0 Å². The molecule has 1 aromatic heterocycles. The van der Waals surface area contributed by atoms with E-state index >= 15 is 0 Å². The maximum Gasteiger partial charge on any atom is 0.276 e. The normalized spacial score (nSPS) is 14.5. The lowest BCUT2D eigenvalue weighted by Crippen LogP contribution is -2.51. The SMILES string of the molecule is NCCn1cc(C(=O)N2CCN(C(=O)Cc3cccc(Cl)c3)CC2)nn1. The second-order valence-corrected chi connectivity index (χ2v) is 6.57. The van der Waals surface area contributed by atoms with Crippen LogP contribution in [0.1, 0.15) is 16.1 Å². The molecule has 3 rings (SSSR count). The standard InChI is InChI=1S/C17H21ClN6O2/c18-14-3-1-2-13(10-14)11-16(25)22-6-8-23(9-7-22)17(26)15-12-24(5-4-19)21-20-15/h1-3,10,12H,4-9,11,19H2. The summed E-state index contributed by atoms with van der Waals surface area (Å²) >= 11 is 5.96. The van der Waals surface area contributed by atoms with Crippen LogP contribution in [0.3, 0.4) is 0 Å². The van der Waals surface area contributed by atoms with Crippen LogP contribution in [-0.2, 0) is 17.8 Å². The molecule has 26 heavy (non-hydrogen) atoms. The third kappa shape index (κ3) is 4.39. The number of carbonyl (C=O) groups is 2. The minimum Gasteiger partial charge on any atom is -0.339 e. The highest BCUT2D eigenvalue weighted by Gasteiger charge is 2.26. The second kappa shape index (κ2) is 8.29. The molecule has 1 fully saturated rings. The summed E-state index contributed by atoms with van der Waals surface area (Å²) in [5, 5.41) is 8.40. The van der Waals surface area contributed by atoms with Gasteiger partial charge in [0.2, 0.25) is 5.91 Å². The van der Waals surface area contributed by atoms with Crippen LogP contribution in [-0.4, -0.2) is 69.3 Å². The van der Waals surface area contributed by atoms with Crippen LogP contribution in [0, 0.1) is 0 Å². The monoisotopic (exact) mass is 376 g/mol. The number of piperazine rings is 1. The van der Waals surface area contributed by atoms with E-state index in [1.54, 1.807) is 32.8 Å². The van der Waals surface area contributed by atoms with Gasteiger partial charge in [-0.3, -0.25) is 14.3 Å². The van der Waals surface area contributed by atoms with E-state index in [0.717, 1.165) is 5.56 Å². The molecular weight excluding hydrogens is 356 g/mol. The van der Waals surface area contributed by atoms with Crippen LogP contribution < -0.4 is 5.73 Å². The molecule has 0 unspecified atom stereocenters. The van der Waals surface area contributed by atoms with Gasteiger partial charge < -0.3 is 15.5 Å². The lowest BCUT2D eigenvalue weighted by molar-refractivity contribution is -0.131. The molecule has 0 spiro atoms. The fraction of sp³-hybridized carbons (Fsp3) is 0.412. The van der Waals surface area contributed by atoms with Crippen LogP contribution >= 0.6 is 11.6 Å². The molecule has 0 atom stereocenters. The van der Waals surface area contributed by atoms with E-state index in [4.69, 9.17) is 17.3 Å². The van der Waals surface area contributed by atoms with Crippen LogP contribution in [0.25, 0.3) is 0 Å². The van der Waals surface area contributed by atoms with E-state index in [9.17, 15) is 9.59 Å². The zero-order valence-electron chi connectivity index (χ0n) is 14.3. The molecule has 9 heteroatoms. The third-order valence-corrected chi connectivity index (χ3v) is 4.52. The van der Waals surface area contributed by atoms with Gasteiger partial charge >= 0.3 is 0 Å². The molecule has 0 bridgehead atoms. The van der Waals surface area contributed by atoms with Gasteiger partial charge in [-0.1, -0.05) is 28.9 Å². The number of hydrogen-bond acceptors (Lipinski definition) is 5. The fourth-order valence-corrected chi connectivity index (χ4v) is 3.11. The fourth-order valence-electron chi connectivity index (χ4n) is 2.89. The average molecular weight is 377 g/mol. The molecule has 0 aliphatic carbocycles.